The van der Waals surface area contributed by atoms with E-state index in [0.717, 1.165) is 0 Å². The summed E-state index contributed by atoms with van der Waals surface area (Å²) in [5.41, 5.74) is -9.16. The van der Waals surface area contributed by atoms with Gasteiger partial charge in [-0.2, -0.15) is 39.5 Å². The van der Waals surface area contributed by atoms with Crippen LogP contribution in [0, 0.1) is 0 Å². The Hall–Kier alpha value is -4.30. The van der Waals surface area contributed by atoms with Crippen molar-refractivity contribution in [2.75, 3.05) is 13.7 Å². The van der Waals surface area contributed by atoms with E-state index in [-0.39, 0.29) is 46.6 Å². The summed E-state index contributed by atoms with van der Waals surface area (Å²) in [6.07, 6.45) is -16.2. The van der Waals surface area contributed by atoms with Crippen LogP contribution in [0.5, 0.6) is 0 Å². The van der Waals surface area contributed by atoms with Gasteiger partial charge in [-0.1, -0.05) is 40.6 Å². The van der Waals surface area contributed by atoms with Gasteiger partial charge in [0.05, 0.1) is 29.6 Å². The van der Waals surface area contributed by atoms with Gasteiger partial charge in [0, 0.05) is 23.1 Å². The quantitative estimate of drug-likeness (QED) is 0.194. The van der Waals surface area contributed by atoms with Crippen LogP contribution in [0.1, 0.15) is 39.0 Å². The molecule has 0 fully saturated rings. The fraction of sp³-hybridized carbons (Fsp3) is 0.269. The smallest absolute Gasteiger partial charge is 0.399 e. The summed E-state index contributed by atoms with van der Waals surface area (Å²) in [7, 11) is 1.30. The van der Waals surface area contributed by atoms with Crippen LogP contribution < -0.4 is 5.32 Å². The second-order valence-electron chi connectivity index (χ2n) is 8.81. The van der Waals surface area contributed by atoms with Crippen LogP contribution in [0.15, 0.2) is 64.9 Å². The third kappa shape index (κ3) is 5.79. The standard InChI is InChI=1S/C26H18F9N3O3/c1-40-37-9-8-36-22(39)20-7-6-19(17-4-2-3-5-18(17)20)21-13-23(41-38-21,26(33,34)35)14-10-15(24(27,28)29)12-16(11-14)25(30,31)32/h2-7,9-12H,8,13H2,1H3,(H,36,39). The predicted octanol–water partition coefficient (Wildman–Crippen LogP) is 6.82. The molecular formula is C26H18F9N3O3. The van der Waals surface area contributed by atoms with Gasteiger partial charge in [0.1, 0.15) is 7.11 Å². The van der Waals surface area contributed by atoms with Gasteiger partial charge in [-0.15, -0.1) is 0 Å². The minimum absolute atomic E-state index is 0.00565. The van der Waals surface area contributed by atoms with Crippen LogP contribution in [-0.4, -0.2) is 37.7 Å². The van der Waals surface area contributed by atoms with Crippen molar-refractivity contribution in [1.82, 2.24) is 5.32 Å². The first-order chi connectivity index (χ1) is 19.1. The average molecular weight is 591 g/mol. The first-order valence-corrected chi connectivity index (χ1v) is 11.6. The third-order valence-corrected chi connectivity index (χ3v) is 6.25. The minimum atomic E-state index is -5.48. The molecule has 1 aliphatic rings. The number of amides is 1. The number of halogens is 9. The average Bonchev–Trinajstić information content (AvgIpc) is 3.36. The van der Waals surface area contributed by atoms with Crippen LogP contribution in [-0.2, 0) is 27.6 Å². The van der Waals surface area contributed by atoms with E-state index in [2.05, 4.69) is 20.5 Å². The minimum Gasteiger partial charge on any atom is -0.399 e. The fourth-order valence-electron chi connectivity index (χ4n) is 4.33. The van der Waals surface area contributed by atoms with E-state index in [1.165, 1.54) is 43.7 Å². The van der Waals surface area contributed by atoms with E-state index >= 15 is 0 Å². The number of hydrogen-bond donors (Lipinski definition) is 1. The monoisotopic (exact) mass is 591 g/mol. The van der Waals surface area contributed by atoms with E-state index in [9.17, 15) is 44.3 Å². The van der Waals surface area contributed by atoms with Gasteiger partial charge in [-0.25, -0.2) is 0 Å². The molecular weight excluding hydrogens is 573 g/mol. The SMILES string of the molecule is CON=CCNC(=O)c1ccc(C2=NOC(c3cc(C(F)(F)F)cc(C(F)(F)F)c3)(C(F)(F)F)C2)c2ccccc12. The molecule has 0 radical (unpaired) electrons. The number of fused-ring (bicyclic) bond motifs is 1. The van der Waals surface area contributed by atoms with Crippen molar-refractivity contribution in [3.63, 3.8) is 0 Å². The largest absolute Gasteiger partial charge is 0.435 e. The van der Waals surface area contributed by atoms with Gasteiger partial charge in [0.2, 0.25) is 0 Å². The Morgan fingerprint density at radius 2 is 1.59 bits per heavy atom. The van der Waals surface area contributed by atoms with Crippen LogP contribution in [0.25, 0.3) is 10.8 Å². The molecule has 15 heteroatoms. The van der Waals surface area contributed by atoms with Crippen molar-refractivity contribution < 1.29 is 54.0 Å². The number of nitrogens with zero attached hydrogens (tertiary/aromatic N) is 2. The molecule has 1 heterocycles. The van der Waals surface area contributed by atoms with Crippen molar-refractivity contribution >= 4 is 28.6 Å². The van der Waals surface area contributed by atoms with Gasteiger partial charge < -0.3 is 15.0 Å². The summed E-state index contributed by atoms with van der Waals surface area (Å²) < 4.78 is 124. The van der Waals surface area contributed by atoms with E-state index in [0.29, 0.717) is 0 Å². The van der Waals surface area contributed by atoms with Gasteiger partial charge in [-0.05, 0) is 35.0 Å². The number of rotatable bonds is 6. The highest BCUT2D eigenvalue weighted by Gasteiger charge is 2.63. The lowest BCUT2D eigenvalue weighted by Gasteiger charge is -2.30. The fourth-order valence-corrected chi connectivity index (χ4v) is 4.33. The molecule has 0 aromatic heterocycles. The Morgan fingerprint density at radius 3 is 2.15 bits per heavy atom. The Balaban J connectivity index is 1.79. The Labute approximate surface area is 225 Å². The Bertz CT molecular complexity index is 1500. The highest BCUT2D eigenvalue weighted by atomic mass is 19.4. The summed E-state index contributed by atoms with van der Waals surface area (Å²) in [5.74, 6) is -0.562. The molecule has 1 unspecified atom stereocenters. The number of carbonyl (C=O) groups is 1. The van der Waals surface area contributed by atoms with Gasteiger partial charge in [-0.3, -0.25) is 4.79 Å². The molecule has 1 amide bonds. The number of nitrogens with one attached hydrogen (secondary N) is 1. The highest BCUT2D eigenvalue weighted by molar-refractivity contribution is 6.16. The first kappa shape index (κ1) is 29.7. The molecule has 0 spiro atoms. The molecule has 1 atom stereocenters. The van der Waals surface area contributed by atoms with E-state index < -0.39 is 58.9 Å². The first-order valence-electron chi connectivity index (χ1n) is 11.6. The van der Waals surface area contributed by atoms with Crippen LogP contribution >= 0.6 is 0 Å². The Morgan fingerprint density at radius 1 is 0.976 bits per heavy atom. The van der Waals surface area contributed by atoms with Crippen molar-refractivity contribution in [3.8, 4) is 0 Å². The summed E-state index contributed by atoms with van der Waals surface area (Å²) in [5, 5.41) is 10.0. The predicted molar refractivity (Wildman–Crippen MR) is 128 cm³/mol. The molecule has 0 bridgehead atoms. The van der Waals surface area contributed by atoms with E-state index in [1.54, 1.807) is 6.07 Å². The van der Waals surface area contributed by atoms with Crippen LogP contribution in [0.4, 0.5) is 39.5 Å². The molecule has 218 valence electrons. The maximum atomic E-state index is 14.5. The molecule has 3 aromatic rings. The Kier molecular flexibility index (Phi) is 7.67. The van der Waals surface area contributed by atoms with E-state index in [1.807, 2.05) is 0 Å². The number of carbonyl (C=O) groups excluding carboxylic acids is 1. The van der Waals surface area contributed by atoms with Crippen molar-refractivity contribution in [2.24, 2.45) is 10.3 Å². The summed E-state index contributed by atoms with van der Waals surface area (Å²) >= 11 is 0. The topological polar surface area (TPSA) is 72.3 Å². The van der Waals surface area contributed by atoms with Gasteiger partial charge >= 0.3 is 18.5 Å². The zero-order chi connectivity index (χ0) is 30.2. The summed E-state index contributed by atoms with van der Waals surface area (Å²) in [4.78, 5) is 21.9. The molecule has 0 saturated carbocycles. The molecule has 6 nitrogen and oxygen atoms in total. The molecule has 0 saturated heterocycles. The van der Waals surface area contributed by atoms with E-state index in [4.69, 9.17) is 4.84 Å². The third-order valence-electron chi connectivity index (χ3n) is 6.25. The van der Waals surface area contributed by atoms with Crippen LogP contribution in [0.3, 0.4) is 0 Å². The lowest BCUT2D eigenvalue weighted by molar-refractivity contribution is -0.276. The number of hydrogen-bond acceptors (Lipinski definition) is 5. The molecule has 4 rings (SSSR count). The maximum Gasteiger partial charge on any atom is 0.435 e. The normalized spacial score (nSPS) is 18.0. The molecule has 3 aromatic carbocycles. The molecule has 1 aliphatic heterocycles. The van der Waals surface area contributed by atoms with Crippen molar-refractivity contribution in [1.29, 1.82) is 0 Å². The molecule has 0 aliphatic carbocycles. The van der Waals surface area contributed by atoms with Gasteiger partial charge in [0.25, 0.3) is 11.5 Å². The number of oxime groups is 2. The van der Waals surface area contributed by atoms with Gasteiger partial charge in [0.15, 0.2) is 0 Å². The summed E-state index contributed by atoms with van der Waals surface area (Å²) in [6, 6.07) is 8.29. The summed E-state index contributed by atoms with van der Waals surface area (Å²) in [6.45, 7) is -0.00565. The lowest BCUT2D eigenvalue weighted by atomic mass is 9.83. The molecule has 41 heavy (non-hydrogen) atoms. The van der Waals surface area contributed by atoms with Crippen molar-refractivity contribution in [2.45, 2.75) is 30.6 Å². The highest BCUT2D eigenvalue weighted by Crippen LogP contribution is 2.51. The lowest BCUT2D eigenvalue weighted by Crippen LogP contribution is -2.43. The number of alkyl halides is 9. The zero-order valence-corrected chi connectivity index (χ0v) is 20.7. The maximum absolute atomic E-state index is 14.5. The second kappa shape index (κ2) is 10.6. The van der Waals surface area contributed by atoms with Crippen molar-refractivity contribution in [3.05, 3.63) is 82.4 Å². The zero-order valence-electron chi connectivity index (χ0n) is 20.7. The number of benzene rings is 3. The second-order valence-corrected chi connectivity index (χ2v) is 8.81. The molecule has 1 N–H and O–H groups in total. The van der Waals surface area contributed by atoms with Crippen LogP contribution in [0.2, 0.25) is 0 Å².